The lowest BCUT2D eigenvalue weighted by Crippen LogP contribution is -2.50. The Labute approximate surface area is 183 Å². The number of nitrogens with two attached hydrogens (primary N) is 1. The summed E-state index contributed by atoms with van der Waals surface area (Å²) in [5.41, 5.74) is 9.49. The second-order valence-corrected chi connectivity index (χ2v) is 9.73. The van der Waals surface area contributed by atoms with E-state index < -0.39 is 16.1 Å². The Morgan fingerprint density at radius 2 is 1.42 bits per heavy atom. The number of primary amides is 1. The molecule has 3 N–H and O–H groups in total. The molecule has 2 aromatic rings. The highest BCUT2D eigenvalue weighted by atomic mass is 32.2. The molecular formula is C22H28N4O4S. The normalized spacial score (nSPS) is 15.0. The van der Waals surface area contributed by atoms with Gasteiger partial charge >= 0.3 is 6.03 Å². The zero-order valence-electron chi connectivity index (χ0n) is 18.2. The number of sulfonamides is 1. The number of piperazine rings is 1. The fourth-order valence-electron chi connectivity index (χ4n) is 3.85. The van der Waals surface area contributed by atoms with Gasteiger partial charge in [0.05, 0.1) is 4.90 Å². The van der Waals surface area contributed by atoms with Gasteiger partial charge in [0.1, 0.15) is 0 Å². The molecule has 1 saturated heterocycles. The minimum Gasteiger partial charge on any atom is -0.351 e. The monoisotopic (exact) mass is 444 g/mol. The molecule has 1 fully saturated rings. The average molecular weight is 445 g/mol. The number of carbonyl (C=O) groups excluding carboxylic acids is 2. The molecule has 166 valence electrons. The summed E-state index contributed by atoms with van der Waals surface area (Å²) in [5.74, 6) is -0.179. The zero-order chi connectivity index (χ0) is 22.9. The second kappa shape index (κ2) is 8.68. The maximum atomic E-state index is 13.4. The van der Waals surface area contributed by atoms with E-state index in [0.29, 0.717) is 29.2 Å². The first kappa shape index (κ1) is 22.8. The van der Waals surface area contributed by atoms with Crippen LogP contribution in [0, 0.1) is 27.7 Å². The van der Waals surface area contributed by atoms with Crippen LogP contribution >= 0.6 is 0 Å². The summed E-state index contributed by atoms with van der Waals surface area (Å²) < 4.78 is 28.2. The Morgan fingerprint density at radius 3 is 1.90 bits per heavy atom. The minimum atomic E-state index is -3.66. The maximum absolute atomic E-state index is 13.4. The molecule has 1 aliphatic heterocycles. The number of rotatable bonds is 4. The van der Waals surface area contributed by atoms with Gasteiger partial charge in [0.2, 0.25) is 10.0 Å². The molecule has 0 spiro atoms. The second-order valence-electron chi connectivity index (χ2n) is 7.85. The third-order valence-electron chi connectivity index (χ3n) is 5.82. The van der Waals surface area contributed by atoms with Gasteiger partial charge in [-0.1, -0.05) is 6.07 Å². The number of urea groups is 1. The van der Waals surface area contributed by atoms with Crippen LogP contribution in [0.2, 0.25) is 0 Å². The molecule has 2 aromatic carbocycles. The Hall–Kier alpha value is -2.91. The number of benzene rings is 2. The van der Waals surface area contributed by atoms with Crippen molar-refractivity contribution in [3.8, 4) is 0 Å². The van der Waals surface area contributed by atoms with Crippen molar-refractivity contribution in [3.63, 3.8) is 0 Å². The third-order valence-corrected chi connectivity index (χ3v) is 7.99. The minimum absolute atomic E-state index is 0.179. The first-order chi connectivity index (χ1) is 14.5. The topological polar surface area (TPSA) is 113 Å². The van der Waals surface area contributed by atoms with Crippen LogP contribution in [0.25, 0.3) is 0 Å². The molecule has 0 unspecified atom stereocenters. The molecule has 0 bridgehead atoms. The summed E-state index contributed by atoms with van der Waals surface area (Å²) in [7, 11) is -3.66. The summed E-state index contributed by atoms with van der Waals surface area (Å²) in [6.45, 7) is 8.60. The van der Waals surface area contributed by atoms with Crippen LogP contribution in [0.5, 0.6) is 0 Å². The lowest BCUT2D eigenvalue weighted by molar-refractivity contribution is 0.0698. The number of amides is 3. The van der Waals surface area contributed by atoms with Crippen LogP contribution in [0.3, 0.4) is 0 Å². The van der Waals surface area contributed by atoms with Crippen LogP contribution in [0.1, 0.15) is 32.6 Å². The third kappa shape index (κ3) is 4.57. The highest BCUT2D eigenvalue weighted by Gasteiger charge is 2.33. The lowest BCUT2D eigenvalue weighted by atomic mass is 10.0. The molecule has 0 saturated carbocycles. The first-order valence-corrected chi connectivity index (χ1v) is 11.5. The number of hydrogen-bond acceptors (Lipinski definition) is 4. The highest BCUT2D eigenvalue weighted by molar-refractivity contribution is 7.89. The Kier molecular flexibility index (Phi) is 6.38. The number of nitrogens with zero attached hydrogens (tertiary/aromatic N) is 2. The van der Waals surface area contributed by atoms with Crippen molar-refractivity contribution in [2.75, 3.05) is 31.5 Å². The van der Waals surface area contributed by atoms with E-state index in [9.17, 15) is 18.0 Å². The maximum Gasteiger partial charge on any atom is 0.316 e. The Bertz CT molecular complexity index is 1090. The van der Waals surface area contributed by atoms with E-state index in [1.165, 1.54) is 4.31 Å². The molecule has 3 rings (SSSR count). The van der Waals surface area contributed by atoms with E-state index in [2.05, 4.69) is 5.32 Å². The Morgan fingerprint density at radius 1 is 0.903 bits per heavy atom. The van der Waals surface area contributed by atoms with Gasteiger partial charge in [-0.3, -0.25) is 4.79 Å². The molecule has 0 aliphatic carbocycles. The van der Waals surface area contributed by atoms with E-state index in [0.717, 1.165) is 22.3 Å². The fraction of sp³-hybridized carbons (Fsp3) is 0.364. The van der Waals surface area contributed by atoms with Crippen molar-refractivity contribution < 1.29 is 18.0 Å². The summed E-state index contributed by atoms with van der Waals surface area (Å²) in [6, 6.07) is 7.75. The molecule has 1 heterocycles. The molecule has 0 radical (unpaired) electrons. The van der Waals surface area contributed by atoms with Crippen molar-refractivity contribution in [2.24, 2.45) is 5.73 Å². The molecule has 9 heteroatoms. The van der Waals surface area contributed by atoms with Crippen LogP contribution in [-0.2, 0) is 10.0 Å². The van der Waals surface area contributed by atoms with Crippen LogP contribution in [-0.4, -0.2) is 55.7 Å². The van der Waals surface area contributed by atoms with Crippen LogP contribution < -0.4 is 11.1 Å². The molecule has 1 aliphatic rings. The summed E-state index contributed by atoms with van der Waals surface area (Å²) in [5, 5.41) is 2.45. The van der Waals surface area contributed by atoms with Gasteiger partial charge in [-0.05, 0) is 74.2 Å². The van der Waals surface area contributed by atoms with E-state index >= 15 is 0 Å². The SMILES string of the molecule is Cc1cc(C)c(C)c(S(=O)(=O)N2CCN(C(=O)c3ccc(NC(N)=O)cc3)CC2)c1C. The van der Waals surface area contributed by atoms with Crippen molar-refractivity contribution in [1.82, 2.24) is 9.21 Å². The lowest BCUT2D eigenvalue weighted by Gasteiger charge is -2.35. The molecule has 3 amide bonds. The standard InChI is InChI=1S/C22H28N4O4S/c1-14-13-15(2)17(4)20(16(14)3)31(29,30)26-11-9-25(10-12-26)21(27)18-5-7-19(8-6-18)24-22(23)28/h5-8,13H,9-12H2,1-4H3,(H3,23,24,28). The predicted octanol–water partition coefficient (Wildman–Crippen LogP) is 2.56. The number of hydrogen-bond donors (Lipinski definition) is 2. The molecule has 8 nitrogen and oxygen atoms in total. The average Bonchev–Trinajstić information content (AvgIpc) is 2.72. The van der Waals surface area contributed by atoms with Gasteiger partial charge < -0.3 is 16.0 Å². The number of nitrogens with one attached hydrogen (secondary N) is 1. The van der Waals surface area contributed by atoms with Gasteiger partial charge in [0.15, 0.2) is 0 Å². The van der Waals surface area contributed by atoms with E-state index in [-0.39, 0.29) is 19.0 Å². The van der Waals surface area contributed by atoms with E-state index in [1.54, 1.807) is 29.2 Å². The van der Waals surface area contributed by atoms with Crippen molar-refractivity contribution >= 4 is 27.6 Å². The molecular weight excluding hydrogens is 416 g/mol. The van der Waals surface area contributed by atoms with Gasteiger partial charge in [0, 0.05) is 37.4 Å². The smallest absolute Gasteiger partial charge is 0.316 e. The molecule has 31 heavy (non-hydrogen) atoms. The van der Waals surface area contributed by atoms with Gasteiger partial charge in [0.25, 0.3) is 5.91 Å². The van der Waals surface area contributed by atoms with Gasteiger partial charge in [-0.25, -0.2) is 13.2 Å². The van der Waals surface area contributed by atoms with Crippen molar-refractivity contribution in [1.29, 1.82) is 0 Å². The quantitative estimate of drug-likeness (QED) is 0.754. The van der Waals surface area contributed by atoms with E-state index in [1.807, 2.05) is 33.8 Å². The largest absolute Gasteiger partial charge is 0.351 e. The molecule has 0 aromatic heterocycles. The summed E-state index contributed by atoms with van der Waals surface area (Å²) in [4.78, 5) is 25.7. The van der Waals surface area contributed by atoms with Crippen molar-refractivity contribution in [3.05, 3.63) is 58.1 Å². The number of anilines is 1. The first-order valence-electron chi connectivity index (χ1n) is 10.1. The molecule has 0 atom stereocenters. The zero-order valence-corrected chi connectivity index (χ0v) is 19.0. The highest BCUT2D eigenvalue weighted by Crippen LogP contribution is 2.29. The summed E-state index contributed by atoms with van der Waals surface area (Å²) in [6.07, 6.45) is 0. The Balaban J connectivity index is 1.73. The van der Waals surface area contributed by atoms with Crippen LogP contribution in [0.15, 0.2) is 35.2 Å². The van der Waals surface area contributed by atoms with Crippen molar-refractivity contribution in [2.45, 2.75) is 32.6 Å². The van der Waals surface area contributed by atoms with E-state index in [4.69, 9.17) is 5.73 Å². The number of carbonyl (C=O) groups is 2. The van der Waals surface area contributed by atoms with Gasteiger partial charge in [-0.2, -0.15) is 4.31 Å². The van der Waals surface area contributed by atoms with Gasteiger partial charge in [-0.15, -0.1) is 0 Å². The number of aryl methyl sites for hydroxylation is 2. The summed E-state index contributed by atoms with van der Waals surface area (Å²) >= 11 is 0. The fourth-order valence-corrected chi connectivity index (χ4v) is 5.85. The van der Waals surface area contributed by atoms with Crippen LogP contribution in [0.4, 0.5) is 10.5 Å². The predicted molar refractivity (Wildman–Crippen MR) is 120 cm³/mol.